The Balaban J connectivity index is 1.64. The SMILES string of the molecule is O=C(Nc1c(F)cccc1F)c1cnc(NCc2ccncc2)cn1. The van der Waals surface area contributed by atoms with Gasteiger partial charge in [0, 0.05) is 18.9 Å². The molecule has 2 N–H and O–H groups in total. The van der Waals surface area contributed by atoms with E-state index in [1.54, 1.807) is 12.4 Å². The molecule has 0 radical (unpaired) electrons. The van der Waals surface area contributed by atoms with Crippen LogP contribution in [0.4, 0.5) is 20.3 Å². The molecule has 2 heterocycles. The summed E-state index contributed by atoms with van der Waals surface area (Å²) < 4.78 is 27.1. The van der Waals surface area contributed by atoms with E-state index in [-0.39, 0.29) is 5.69 Å². The molecule has 0 saturated heterocycles. The smallest absolute Gasteiger partial charge is 0.276 e. The fourth-order valence-corrected chi connectivity index (χ4v) is 2.02. The van der Waals surface area contributed by atoms with E-state index in [9.17, 15) is 13.6 Å². The summed E-state index contributed by atoms with van der Waals surface area (Å²) in [7, 11) is 0. The summed E-state index contributed by atoms with van der Waals surface area (Å²) in [5, 5.41) is 5.20. The van der Waals surface area contributed by atoms with E-state index in [2.05, 4.69) is 25.6 Å². The number of aromatic nitrogens is 3. The van der Waals surface area contributed by atoms with Crippen LogP contribution in [0.5, 0.6) is 0 Å². The van der Waals surface area contributed by atoms with Gasteiger partial charge in [0.15, 0.2) is 0 Å². The first-order valence-electron chi connectivity index (χ1n) is 7.33. The van der Waals surface area contributed by atoms with Gasteiger partial charge in [-0.05, 0) is 29.8 Å². The highest BCUT2D eigenvalue weighted by Gasteiger charge is 2.14. The van der Waals surface area contributed by atoms with Gasteiger partial charge in [-0.1, -0.05) is 6.07 Å². The van der Waals surface area contributed by atoms with Crippen LogP contribution in [-0.2, 0) is 6.54 Å². The van der Waals surface area contributed by atoms with Crippen molar-refractivity contribution in [3.05, 3.63) is 78.0 Å². The largest absolute Gasteiger partial charge is 0.365 e. The molecule has 8 heteroatoms. The van der Waals surface area contributed by atoms with Crippen LogP contribution in [-0.4, -0.2) is 20.9 Å². The van der Waals surface area contributed by atoms with Crippen molar-refractivity contribution in [3.63, 3.8) is 0 Å². The number of hydrogen-bond acceptors (Lipinski definition) is 5. The second kappa shape index (κ2) is 7.43. The summed E-state index contributed by atoms with van der Waals surface area (Å²) in [5.74, 6) is -2.02. The molecule has 0 aliphatic heterocycles. The van der Waals surface area contributed by atoms with Crippen LogP contribution in [0.25, 0.3) is 0 Å². The van der Waals surface area contributed by atoms with Gasteiger partial charge in [0.1, 0.15) is 28.8 Å². The van der Waals surface area contributed by atoms with E-state index in [0.29, 0.717) is 12.4 Å². The highest BCUT2D eigenvalue weighted by molar-refractivity contribution is 6.02. The van der Waals surface area contributed by atoms with E-state index in [0.717, 1.165) is 17.7 Å². The topological polar surface area (TPSA) is 79.8 Å². The van der Waals surface area contributed by atoms with Crippen molar-refractivity contribution >= 4 is 17.4 Å². The number of para-hydroxylation sites is 1. The van der Waals surface area contributed by atoms with Gasteiger partial charge in [-0.3, -0.25) is 9.78 Å². The van der Waals surface area contributed by atoms with Crippen LogP contribution >= 0.6 is 0 Å². The Morgan fingerprint density at radius 1 is 1.00 bits per heavy atom. The minimum atomic E-state index is -0.864. The van der Waals surface area contributed by atoms with Crippen molar-refractivity contribution in [2.24, 2.45) is 0 Å². The van der Waals surface area contributed by atoms with E-state index in [4.69, 9.17) is 0 Å². The molecule has 25 heavy (non-hydrogen) atoms. The lowest BCUT2D eigenvalue weighted by Gasteiger charge is -2.08. The number of carbonyl (C=O) groups excluding carboxylic acids is 1. The highest BCUT2D eigenvalue weighted by atomic mass is 19.1. The fraction of sp³-hybridized carbons (Fsp3) is 0.0588. The summed E-state index contributed by atoms with van der Waals surface area (Å²) in [6.45, 7) is 0.517. The van der Waals surface area contributed by atoms with Gasteiger partial charge < -0.3 is 10.6 Å². The van der Waals surface area contributed by atoms with Crippen LogP contribution in [0, 0.1) is 11.6 Å². The van der Waals surface area contributed by atoms with Gasteiger partial charge in [0.2, 0.25) is 0 Å². The first-order valence-corrected chi connectivity index (χ1v) is 7.33. The van der Waals surface area contributed by atoms with Crippen molar-refractivity contribution in [1.82, 2.24) is 15.0 Å². The fourth-order valence-electron chi connectivity index (χ4n) is 2.02. The number of carbonyl (C=O) groups is 1. The third-order valence-corrected chi connectivity index (χ3v) is 3.31. The zero-order valence-electron chi connectivity index (χ0n) is 12.9. The first kappa shape index (κ1) is 16.4. The summed E-state index contributed by atoms with van der Waals surface area (Å²) in [4.78, 5) is 24.0. The third-order valence-electron chi connectivity index (χ3n) is 3.31. The minimum Gasteiger partial charge on any atom is -0.365 e. The summed E-state index contributed by atoms with van der Waals surface area (Å²) >= 11 is 0. The van der Waals surface area contributed by atoms with E-state index in [1.807, 2.05) is 12.1 Å². The molecule has 0 unspecified atom stereocenters. The molecule has 0 spiro atoms. The maximum absolute atomic E-state index is 13.5. The molecule has 0 bridgehead atoms. The molecule has 3 rings (SSSR count). The average molecular weight is 341 g/mol. The maximum atomic E-state index is 13.5. The molecule has 0 atom stereocenters. The number of nitrogens with one attached hydrogen (secondary N) is 2. The predicted molar refractivity (Wildman–Crippen MR) is 87.9 cm³/mol. The van der Waals surface area contributed by atoms with Crippen molar-refractivity contribution in [1.29, 1.82) is 0 Å². The normalized spacial score (nSPS) is 10.3. The van der Waals surface area contributed by atoms with Crippen LogP contribution in [0.2, 0.25) is 0 Å². The van der Waals surface area contributed by atoms with E-state index in [1.165, 1.54) is 18.5 Å². The van der Waals surface area contributed by atoms with Gasteiger partial charge >= 0.3 is 0 Å². The van der Waals surface area contributed by atoms with E-state index < -0.39 is 23.2 Å². The maximum Gasteiger partial charge on any atom is 0.276 e. The van der Waals surface area contributed by atoms with Gasteiger partial charge in [-0.15, -0.1) is 0 Å². The summed E-state index contributed by atoms with van der Waals surface area (Å²) in [5.41, 5.74) is 0.431. The quantitative estimate of drug-likeness (QED) is 0.746. The number of hydrogen-bond donors (Lipinski definition) is 2. The Morgan fingerprint density at radius 3 is 2.36 bits per heavy atom. The molecule has 0 fully saturated rings. The zero-order valence-corrected chi connectivity index (χ0v) is 12.9. The summed E-state index contributed by atoms with van der Waals surface area (Å²) in [6, 6.07) is 7.02. The van der Waals surface area contributed by atoms with Crippen LogP contribution in [0.15, 0.2) is 55.1 Å². The van der Waals surface area contributed by atoms with Crippen molar-refractivity contribution < 1.29 is 13.6 Å². The Hall–Kier alpha value is -3.42. The Labute approximate surface area is 142 Å². The molecular weight excluding hydrogens is 328 g/mol. The van der Waals surface area contributed by atoms with Gasteiger partial charge in [0.05, 0.1) is 12.4 Å². The number of anilines is 2. The van der Waals surface area contributed by atoms with Crippen LogP contribution in [0.3, 0.4) is 0 Å². The highest BCUT2D eigenvalue weighted by Crippen LogP contribution is 2.18. The number of nitrogens with zero attached hydrogens (tertiary/aromatic N) is 3. The second-order valence-corrected chi connectivity index (χ2v) is 5.05. The molecule has 3 aromatic rings. The lowest BCUT2D eigenvalue weighted by molar-refractivity contribution is 0.102. The average Bonchev–Trinajstić information content (AvgIpc) is 2.64. The van der Waals surface area contributed by atoms with Gasteiger partial charge in [-0.25, -0.2) is 18.7 Å². The number of pyridine rings is 1. The molecular formula is C17H13F2N5O. The van der Waals surface area contributed by atoms with Crippen molar-refractivity contribution in [3.8, 4) is 0 Å². The molecule has 0 aliphatic rings. The lowest BCUT2D eigenvalue weighted by Crippen LogP contribution is -2.16. The van der Waals surface area contributed by atoms with Crippen LogP contribution in [0.1, 0.15) is 16.1 Å². The van der Waals surface area contributed by atoms with Gasteiger partial charge in [-0.2, -0.15) is 0 Å². The van der Waals surface area contributed by atoms with Gasteiger partial charge in [0.25, 0.3) is 5.91 Å². The number of benzene rings is 1. The van der Waals surface area contributed by atoms with E-state index >= 15 is 0 Å². The Morgan fingerprint density at radius 2 is 1.72 bits per heavy atom. The van der Waals surface area contributed by atoms with Crippen molar-refractivity contribution in [2.75, 3.05) is 10.6 Å². The number of amides is 1. The second-order valence-electron chi connectivity index (χ2n) is 5.05. The predicted octanol–water partition coefficient (Wildman–Crippen LogP) is 3.01. The monoisotopic (exact) mass is 341 g/mol. The molecule has 1 amide bonds. The number of rotatable bonds is 5. The Kier molecular flexibility index (Phi) is 4.89. The zero-order chi connectivity index (χ0) is 17.6. The molecule has 126 valence electrons. The van der Waals surface area contributed by atoms with Crippen molar-refractivity contribution in [2.45, 2.75) is 6.54 Å². The molecule has 2 aromatic heterocycles. The number of halogens is 2. The Bertz CT molecular complexity index is 852. The standard InChI is InChI=1S/C17H13F2N5O/c18-12-2-1-3-13(19)16(12)24-17(25)14-9-23-15(10-21-14)22-8-11-4-6-20-7-5-11/h1-7,9-10H,8H2,(H,22,23)(H,24,25). The lowest BCUT2D eigenvalue weighted by atomic mass is 10.2. The molecule has 0 saturated carbocycles. The molecule has 1 aromatic carbocycles. The first-order chi connectivity index (χ1) is 12.1. The summed E-state index contributed by atoms with van der Waals surface area (Å²) in [6.07, 6.45) is 5.95. The minimum absolute atomic E-state index is 0.0582. The molecule has 6 nitrogen and oxygen atoms in total. The van der Waals surface area contributed by atoms with Crippen LogP contribution < -0.4 is 10.6 Å². The molecule has 0 aliphatic carbocycles. The third kappa shape index (κ3) is 4.11.